The largest absolute Gasteiger partial charge is 0.323 e. The van der Waals surface area contributed by atoms with Crippen LogP contribution in [0.1, 0.15) is 24.1 Å². The van der Waals surface area contributed by atoms with Crippen LogP contribution in [0.15, 0.2) is 53.4 Å². The predicted octanol–water partition coefficient (Wildman–Crippen LogP) is 4.31. The molecule has 0 fully saturated rings. The quantitative estimate of drug-likeness (QED) is 0.841. The Morgan fingerprint density at radius 1 is 1.05 bits per heavy atom. The maximum atomic E-state index is 13.6. The van der Waals surface area contributed by atoms with Gasteiger partial charge in [-0.2, -0.15) is 0 Å². The maximum Gasteiger partial charge on any atom is 0.136 e. The van der Waals surface area contributed by atoms with Crippen LogP contribution < -0.4 is 5.73 Å². The van der Waals surface area contributed by atoms with Crippen molar-refractivity contribution in [1.29, 1.82) is 0 Å². The molecule has 2 aromatic rings. The average Bonchev–Trinajstić information content (AvgIpc) is 2.41. The van der Waals surface area contributed by atoms with Crippen LogP contribution in [0.4, 0.5) is 4.39 Å². The van der Waals surface area contributed by atoms with E-state index in [4.69, 9.17) is 5.73 Å². The van der Waals surface area contributed by atoms with Gasteiger partial charge in [-0.05, 0) is 24.6 Å². The summed E-state index contributed by atoms with van der Waals surface area (Å²) in [5.41, 5.74) is 8.54. The van der Waals surface area contributed by atoms with E-state index in [9.17, 15) is 4.39 Å². The third-order valence-corrected chi connectivity index (χ3v) is 4.37. The fraction of sp³-hybridized carbons (Fsp3) is 0.250. The van der Waals surface area contributed by atoms with Crippen molar-refractivity contribution in [2.45, 2.75) is 30.0 Å². The molecule has 0 saturated heterocycles. The van der Waals surface area contributed by atoms with Crippen molar-refractivity contribution in [2.75, 3.05) is 0 Å². The van der Waals surface area contributed by atoms with Gasteiger partial charge in [0.25, 0.3) is 0 Å². The maximum absolute atomic E-state index is 13.6. The van der Waals surface area contributed by atoms with E-state index < -0.39 is 0 Å². The van der Waals surface area contributed by atoms with Gasteiger partial charge in [-0.15, -0.1) is 11.8 Å². The van der Waals surface area contributed by atoms with Gasteiger partial charge in [0.15, 0.2) is 0 Å². The lowest BCUT2D eigenvalue weighted by molar-refractivity contribution is 0.600. The van der Waals surface area contributed by atoms with Gasteiger partial charge in [-0.25, -0.2) is 4.39 Å². The van der Waals surface area contributed by atoms with Crippen LogP contribution in [0.25, 0.3) is 0 Å². The minimum atomic E-state index is -0.185. The highest BCUT2D eigenvalue weighted by molar-refractivity contribution is 8.00. The van der Waals surface area contributed by atoms with Crippen molar-refractivity contribution in [3.8, 4) is 0 Å². The van der Waals surface area contributed by atoms with Crippen LogP contribution in [0.2, 0.25) is 0 Å². The lowest BCUT2D eigenvalue weighted by Crippen LogP contribution is -2.21. The van der Waals surface area contributed by atoms with Gasteiger partial charge in [-0.3, -0.25) is 0 Å². The van der Waals surface area contributed by atoms with E-state index in [0.29, 0.717) is 4.90 Å². The molecule has 2 atom stereocenters. The third kappa shape index (κ3) is 3.58. The molecule has 0 heterocycles. The standard InChI is InChI=1S/C16H18FNS/c1-11-7-9-13(10-8-11)16(18)12(2)19-15-6-4-3-5-14(15)17/h3-10,12,16H,18H2,1-2H3. The van der Waals surface area contributed by atoms with Gasteiger partial charge >= 0.3 is 0 Å². The Bertz CT molecular complexity index is 539. The second-order valence-corrected chi connectivity index (χ2v) is 6.11. The Balaban J connectivity index is 2.09. The number of thioether (sulfide) groups is 1. The third-order valence-electron chi connectivity index (χ3n) is 3.12. The molecule has 1 nitrogen and oxygen atoms in total. The van der Waals surface area contributed by atoms with Gasteiger partial charge in [0.2, 0.25) is 0 Å². The van der Waals surface area contributed by atoms with Crippen LogP contribution >= 0.6 is 11.8 Å². The molecule has 0 aliphatic heterocycles. The number of hydrogen-bond acceptors (Lipinski definition) is 2. The number of nitrogens with two attached hydrogens (primary N) is 1. The number of hydrogen-bond donors (Lipinski definition) is 1. The topological polar surface area (TPSA) is 26.0 Å². The highest BCUT2D eigenvalue weighted by Crippen LogP contribution is 2.32. The lowest BCUT2D eigenvalue weighted by atomic mass is 10.0. The van der Waals surface area contributed by atoms with Crippen LogP contribution in [0, 0.1) is 12.7 Å². The summed E-state index contributed by atoms with van der Waals surface area (Å²) < 4.78 is 13.6. The summed E-state index contributed by atoms with van der Waals surface area (Å²) in [5, 5.41) is 0.111. The Morgan fingerprint density at radius 2 is 1.68 bits per heavy atom. The fourth-order valence-electron chi connectivity index (χ4n) is 1.87. The molecule has 0 aromatic heterocycles. The summed E-state index contributed by atoms with van der Waals surface area (Å²) in [7, 11) is 0. The average molecular weight is 275 g/mol. The summed E-state index contributed by atoms with van der Waals surface area (Å²) >= 11 is 1.48. The van der Waals surface area contributed by atoms with E-state index in [0.717, 1.165) is 5.56 Å². The van der Waals surface area contributed by atoms with Crippen molar-refractivity contribution in [3.05, 3.63) is 65.5 Å². The monoisotopic (exact) mass is 275 g/mol. The zero-order chi connectivity index (χ0) is 13.8. The minimum Gasteiger partial charge on any atom is -0.323 e. The Morgan fingerprint density at radius 3 is 2.32 bits per heavy atom. The number of rotatable bonds is 4. The normalized spacial score (nSPS) is 14.1. The first-order valence-corrected chi connectivity index (χ1v) is 7.19. The number of aryl methyl sites for hydroxylation is 1. The van der Waals surface area contributed by atoms with Crippen LogP contribution in [-0.4, -0.2) is 5.25 Å². The van der Waals surface area contributed by atoms with E-state index in [-0.39, 0.29) is 17.1 Å². The molecule has 0 radical (unpaired) electrons. The SMILES string of the molecule is Cc1ccc(C(N)C(C)Sc2ccccc2F)cc1. The van der Waals surface area contributed by atoms with E-state index >= 15 is 0 Å². The van der Waals surface area contributed by atoms with Gasteiger partial charge in [0.05, 0.1) is 0 Å². The van der Waals surface area contributed by atoms with Crippen molar-refractivity contribution >= 4 is 11.8 Å². The molecule has 0 saturated carbocycles. The van der Waals surface area contributed by atoms with Gasteiger partial charge in [-0.1, -0.05) is 48.9 Å². The second-order valence-electron chi connectivity index (χ2n) is 4.69. The first-order valence-electron chi connectivity index (χ1n) is 6.31. The van der Waals surface area contributed by atoms with Gasteiger partial charge < -0.3 is 5.73 Å². The molecule has 2 unspecified atom stereocenters. The van der Waals surface area contributed by atoms with Gasteiger partial charge in [0.1, 0.15) is 5.82 Å². The smallest absolute Gasteiger partial charge is 0.136 e. The zero-order valence-electron chi connectivity index (χ0n) is 11.1. The Hall–Kier alpha value is -1.32. The fourth-order valence-corrected chi connectivity index (χ4v) is 2.92. The molecular formula is C16H18FNS. The summed E-state index contributed by atoms with van der Waals surface area (Å²) in [4.78, 5) is 0.651. The second kappa shape index (κ2) is 6.22. The lowest BCUT2D eigenvalue weighted by Gasteiger charge is -2.20. The van der Waals surface area contributed by atoms with Crippen molar-refractivity contribution in [1.82, 2.24) is 0 Å². The molecule has 2 rings (SSSR count). The van der Waals surface area contributed by atoms with E-state index in [2.05, 4.69) is 12.1 Å². The highest BCUT2D eigenvalue weighted by atomic mass is 32.2. The predicted molar refractivity (Wildman–Crippen MR) is 79.8 cm³/mol. The van der Waals surface area contributed by atoms with Crippen molar-refractivity contribution in [2.24, 2.45) is 5.73 Å². The minimum absolute atomic E-state index is 0.106. The molecule has 19 heavy (non-hydrogen) atoms. The summed E-state index contributed by atoms with van der Waals surface area (Å²) in [6.45, 7) is 4.08. The van der Waals surface area contributed by atoms with Crippen molar-refractivity contribution < 1.29 is 4.39 Å². The first kappa shape index (κ1) is 14.1. The van der Waals surface area contributed by atoms with E-state index in [1.54, 1.807) is 12.1 Å². The highest BCUT2D eigenvalue weighted by Gasteiger charge is 2.17. The Labute approximate surface area is 118 Å². The molecule has 2 aromatic carbocycles. The molecular weight excluding hydrogens is 257 g/mol. The number of halogens is 1. The molecule has 0 aliphatic carbocycles. The van der Waals surface area contributed by atoms with E-state index in [1.807, 2.05) is 32.0 Å². The number of benzene rings is 2. The van der Waals surface area contributed by atoms with Crippen LogP contribution in [0.5, 0.6) is 0 Å². The van der Waals surface area contributed by atoms with Crippen LogP contribution in [-0.2, 0) is 0 Å². The molecule has 2 N–H and O–H groups in total. The molecule has 100 valence electrons. The van der Waals surface area contributed by atoms with E-state index in [1.165, 1.54) is 23.4 Å². The molecule has 0 aliphatic rings. The summed E-state index contributed by atoms with van der Waals surface area (Å²) in [5.74, 6) is -0.185. The van der Waals surface area contributed by atoms with Crippen LogP contribution in [0.3, 0.4) is 0 Å². The molecule has 3 heteroatoms. The van der Waals surface area contributed by atoms with Gasteiger partial charge in [0, 0.05) is 16.2 Å². The first-order chi connectivity index (χ1) is 9.08. The Kier molecular flexibility index (Phi) is 4.61. The molecule has 0 spiro atoms. The zero-order valence-corrected chi connectivity index (χ0v) is 12.0. The summed E-state index contributed by atoms with van der Waals surface area (Å²) in [6.07, 6.45) is 0. The molecule has 0 amide bonds. The molecule has 0 bridgehead atoms. The van der Waals surface area contributed by atoms with Crippen molar-refractivity contribution in [3.63, 3.8) is 0 Å². The summed E-state index contributed by atoms with van der Waals surface area (Å²) in [6, 6.07) is 14.9.